The molecule has 5 nitrogen and oxygen atoms in total. The minimum absolute atomic E-state index is 0.165. The van der Waals surface area contributed by atoms with Gasteiger partial charge in [-0.3, -0.25) is 4.99 Å². The van der Waals surface area contributed by atoms with Gasteiger partial charge in [-0.1, -0.05) is 56.3 Å². The topological polar surface area (TPSA) is 74.4 Å². The second-order valence-corrected chi connectivity index (χ2v) is 8.40. The van der Waals surface area contributed by atoms with Gasteiger partial charge in [0, 0.05) is 29.1 Å². The Morgan fingerprint density at radius 2 is 1.32 bits per heavy atom. The van der Waals surface area contributed by atoms with E-state index in [1.807, 2.05) is 49.4 Å². The maximum atomic E-state index is 10.1. The Morgan fingerprint density at radius 3 is 1.97 bits per heavy atom. The lowest BCUT2D eigenvalue weighted by atomic mass is 9.71. The molecule has 0 unspecified atom stereocenters. The molecule has 3 aromatic carbocycles. The summed E-state index contributed by atoms with van der Waals surface area (Å²) < 4.78 is 6.40. The van der Waals surface area contributed by atoms with Crippen LogP contribution in [0.25, 0.3) is 0 Å². The van der Waals surface area contributed by atoms with Crippen molar-refractivity contribution in [3.63, 3.8) is 0 Å². The molecule has 31 heavy (non-hydrogen) atoms. The first-order valence-corrected chi connectivity index (χ1v) is 10.2. The van der Waals surface area contributed by atoms with E-state index in [9.17, 15) is 10.2 Å². The molecule has 1 heterocycles. The zero-order valence-corrected chi connectivity index (χ0v) is 17.9. The Morgan fingerprint density at radius 1 is 0.774 bits per heavy atom. The van der Waals surface area contributed by atoms with Crippen molar-refractivity contribution in [3.8, 4) is 17.2 Å². The van der Waals surface area contributed by atoms with E-state index in [-0.39, 0.29) is 17.5 Å². The number of phenols is 2. The molecule has 0 fully saturated rings. The van der Waals surface area contributed by atoms with E-state index in [0.29, 0.717) is 11.1 Å². The summed E-state index contributed by atoms with van der Waals surface area (Å²) in [6, 6.07) is 21.7. The van der Waals surface area contributed by atoms with Gasteiger partial charge < -0.3 is 14.9 Å². The third kappa shape index (κ3) is 3.79. The first-order valence-electron chi connectivity index (χ1n) is 10.2. The summed E-state index contributed by atoms with van der Waals surface area (Å²) >= 11 is 0. The summed E-state index contributed by atoms with van der Waals surface area (Å²) in [4.78, 5) is 9.68. The predicted octanol–water partition coefficient (Wildman–Crippen LogP) is 5.51. The fourth-order valence-corrected chi connectivity index (χ4v) is 3.79. The maximum absolute atomic E-state index is 10.1. The highest BCUT2D eigenvalue weighted by atomic mass is 16.5. The van der Waals surface area contributed by atoms with Crippen LogP contribution in [-0.2, 0) is 0 Å². The Labute approximate surface area is 182 Å². The van der Waals surface area contributed by atoms with Crippen molar-refractivity contribution in [2.45, 2.75) is 32.5 Å². The van der Waals surface area contributed by atoms with Crippen LogP contribution < -0.4 is 4.74 Å². The Kier molecular flexibility index (Phi) is 5.27. The van der Waals surface area contributed by atoms with Gasteiger partial charge in [-0.15, -0.1) is 0 Å². The number of phenolic OH excluding ortho intramolecular Hbond substituents is 2. The van der Waals surface area contributed by atoms with Gasteiger partial charge in [-0.05, 0) is 37.3 Å². The number of ether oxygens (including phenoxy) is 1. The van der Waals surface area contributed by atoms with E-state index in [2.05, 4.69) is 13.8 Å². The Hall–Kier alpha value is -3.60. The third-order valence-corrected chi connectivity index (χ3v) is 6.09. The summed E-state index contributed by atoms with van der Waals surface area (Å²) in [6.07, 6.45) is 3.35. The fraction of sp³-hybridized carbons (Fsp3) is 0.231. The van der Waals surface area contributed by atoms with Gasteiger partial charge in [0.05, 0.1) is 11.5 Å². The molecule has 0 saturated carbocycles. The molecular weight excluding hydrogens is 388 g/mol. The van der Waals surface area contributed by atoms with Crippen LogP contribution in [0, 0.1) is 5.41 Å². The number of hydrogen-bond acceptors (Lipinski definition) is 5. The number of benzene rings is 3. The van der Waals surface area contributed by atoms with Crippen LogP contribution in [-0.4, -0.2) is 28.4 Å². The van der Waals surface area contributed by atoms with E-state index in [0.717, 1.165) is 11.3 Å². The lowest BCUT2D eigenvalue weighted by Crippen LogP contribution is -2.51. The summed E-state index contributed by atoms with van der Waals surface area (Å²) in [6.45, 7) is 6.07. The molecule has 158 valence electrons. The largest absolute Gasteiger partial charge is 0.507 e. The highest BCUT2D eigenvalue weighted by molar-refractivity contribution is 5.84. The molecule has 0 spiro atoms. The molecule has 3 aromatic rings. The SMILES string of the molecule is CC1(C)[C@H](N=Cc2ccccc2O)c2ccccc2O[C@@]1(C)/N=C/c1ccccc1O. The Balaban J connectivity index is 1.77. The number of aliphatic imine (C=N–C) groups is 2. The standard InChI is InChI=1S/C26H26N2O3/c1-25(2)24(27-16-18-10-4-7-13-21(18)29)20-12-6-9-15-23(20)31-26(25,3)28-17-19-11-5-8-14-22(19)30/h4-17,24,29-30H,1-3H3/b27-16?,28-17+/t24-,26-/m1/s1. The molecule has 1 aliphatic heterocycles. The van der Waals surface area contributed by atoms with Crippen molar-refractivity contribution in [2.24, 2.45) is 15.4 Å². The minimum atomic E-state index is -0.940. The summed E-state index contributed by atoms with van der Waals surface area (Å²) in [5.41, 5.74) is 0.764. The van der Waals surface area contributed by atoms with Crippen LogP contribution in [0.3, 0.4) is 0 Å². The molecule has 0 aliphatic carbocycles. The van der Waals surface area contributed by atoms with Crippen LogP contribution >= 0.6 is 0 Å². The van der Waals surface area contributed by atoms with Crippen molar-refractivity contribution in [3.05, 3.63) is 89.5 Å². The zero-order valence-electron chi connectivity index (χ0n) is 17.9. The number of para-hydroxylation sites is 3. The molecule has 4 rings (SSSR count). The number of fused-ring (bicyclic) bond motifs is 1. The number of rotatable bonds is 4. The van der Waals surface area contributed by atoms with Crippen molar-refractivity contribution in [1.82, 2.24) is 0 Å². The van der Waals surface area contributed by atoms with Crippen molar-refractivity contribution < 1.29 is 14.9 Å². The van der Waals surface area contributed by atoms with Crippen LogP contribution in [0.4, 0.5) is 0 Å². The third-order valence-electron chi connectivity index (χ3n) is 6.09. The smallest absolute Gasteiger partial charge is 0.204 e. The summed E-state index contributed by atoms with van der Waals surface area (Å²) in [5.74, 6) is 1.07. The van der Waals surface area contributed by atoms with Gasteiger partial charge >= 0.3 is 0 Å². The normalized spacial score (nSPS) is 22.4. The zero-order chi connectivity index (χ0) is 22.1. The van der Waals surface area contributed by atoms with Crippen LogP contribution in [0.1, 0.15) is 43.5 Å². The van der Waals surface area contributed by atoms with Gasteiger partial charge in [0.1, 0.15) is 17.2 Å². The van der Waals surface area contributed by atoms with Gasteiger partial charge in [0.15, 0.2) is 0 Å². The van der Waals surface area contributed by atoms with Crippen molar-refractivity contribution in [1.29, 1.82) is 0 Å². The van der Waals surface area contributed by atoms with Crippen molar-refractivity contribution in [2.75, 3.05) is 0 Å². The lowest BCUT2D eigenvalue weighted by Gasteiger charge is -2.48. The fourth-order valence-electron chi connectivity index (χ4n) is 3.79. The van der Waals surface area contributed by atoms with Crippen LogP contribution in [0.2, 0.25) is 0 Å². The van der Waals surface area contributed by atoms with Crippen molar-refractivity contribution >= 4 is 12.4 Å². The van der Waals surface area contributed by atoms with Crippen LogP contribution in [0.5, 0.6) is 17.2 Å². The second-order valence-electron chi connectivity index (χ2n) is 8.40. The molecule has 2 N–H and O–H groups in total. The summed E-state index contributed by atoms with van der Waals surface area (Å²) in [5, 5.41) is 20.3. The summed E-state index contributed by atoms with van der Waals surface area (Å²) in [7, 11) is 0. The molecule has 0 radical (unpaired) electrons. The molecule has 5 heteroatoms. The maximum Gasteiger partial charge on any atom is 0.204 e. The van der Waals surface area contributed by atoms with Gasteiger partial charge in [-0.2, -0.15) is 0 Å². The van der Waals surface area contributed by atoms with Gasteiger partial charge in [0.2, 0.25) is 5.72 Å². The molecule has 0 saturated heterocycles. The molecule has 0 aromatic heterocycles. The van der Waals surface area contributed by atoms with E-state index in [1.54, 1.807) is 42.8 Å². The molecule has 0 bridgehead atoms. The first kappa shape index (κ1) is 20.7. The average Bonchev–Trinajstić information content (AvgIpc) is 2.75. The first-order chi connectivity index (χ1) is 14.8. The highest BCUT2D eigenvalue weighted by Crippen LogP contribution is 2.54. The minimum Gasteiger partial charge on any atom is -0.507 e. The van der Waals surface area contributed by atoms with Crippen LogP contribution in [0.15, 0.2) is 82.8 Å². The van der Waals surface area contributed by atoms with E-state index in [1.165, 1.54) is 0 Å². The average molecular weight is 415 g/mol. The monoisotopic (exact) mass is 414 g/mol. The predicted molar refractivity (Wildman–Crippen MR) is 123 cm³/mol. The van der Waals surface area contributed by atoms with E-state index >= 15 is 0 Å². The second kappa shape index (κ2) is 7.91. The van der Waals surface area contributed by atoms with E-state index in [4.69, 9.17) is 14.7 Å². The molecule has 2 atom stereocenters. The number of aromatic hydroxyl groups is 2. The van der Waals surface area contributed by atoms with E-state index < -0.39 is 11.1 Å². The molecule has 1 aliphatic rings. The quantitative estimate of drug-likeness (QED) is 0.553. The highest BCUT2D eigenvalue weighted by Gasteiger charge is 2.53. The van der Waals surface area contributed by atoms with Gasteiger partial charge in [0.25, 0.3) is 0 Å². The lowest BCUT2D eigenvalue weighted by molar-refractivity contribution is -0.0524. The number of nitrogens with zero attached hydrogens (tertiary/aromatic N) is 2. The Bertz CT molecular complexity index is 1150. The number of hydrogen-bond donors (Lipinski definition) is 2. The van der Waals surface area contributed by atoms with Gasteiger partial charge in [-0.25, -0.2) is 4.99 Å². The molecular formula is C26H26N2O3. The molecule has 0 amide bonds.